The van der Waals surface area contributed by atoms with Gasteiger partial charge in [0.05, 0.1) is 17.7 Å². The van der Waals surface area contributed by atoms with E-state index in [4.69, 9.17) is 4.42 Å². The number of likely N-dealkylation sites (tertiary alicyclic amines) is 1. The maximum absolute atomic E-state index is 13.9. The monoisotopic (exact) mass is 446 g/mol. The number of halogens is 2. The molecule has 1 saturated heterocycles. The molecule has 1 atom stereocenters. The van der Waals surface area contributed by atoms with Gasteiger partial charge in [0.25, 0.3) is 0 Å². The molecule has 0 saturated carbocycles. The van der Waals surface area contributed by atoms with Crippen LogP contribution < -0.4 is 5.32 Å². The molecule has 31 heavy (non-hydrogen) atoms. The minimum Gasteiger partial charge on any atom is -0.441 e. The van der Waals surface area contributed by atoms with Gasteiger partial charge in [0.2, 0.25) is 11.8 Å². The van der Waals surface area contributed by atoms with E-state index in [1.54, 1.807) is 16.5 Å². The standard InChI is InChI=1S/C21H20F2N4O3S/c22-14-3-4-15(16(23)10-14)17-11-25-18(30-17)5-6-19(28)27-8-1-2-13(12-27)20(29)26-21-24-7-9-31-21/h3-4,7,9-11,13H,1-2,5-6,8,12H2,(H,24,26,29). The molecule has 1 aromatic carbocycles. The fourth-order valence-electron chi connectivity index (χ4n) is 3.52. The van der Waals surface area contributed by atoms with Gasteiger partial charge in [-0.25, -0.2) is 18.7 Å². The van der Waals surface area contributed by atoms with Gasteiger partial charge >= 0.3 is 0 Å². The summed E-state index contributed by atoms with van der Waals surface area (Å²) in [6.07, 6.45) is 4.84. The lowest BCUT2D eigenvalue weighted by molar-refractivity contribution is -0.134. The van der Waals surface area contributed by atoms with E-state index in [9.17, 15) is 18.4 Å². The molecule has 162 valence electrons. The molecule has 0 spiro atoms. The van der Waals surface area contributed by atoms with Gasteiger partial charge < -0.3 is 14.6 Å². The maximum Gasteiger partial charge on any atom is 0.231 e. The predicted octanol–water partition coefficient (Wildman–Crippen LogP) is 3.89. The molecule has 1 fully saturated rings. The van der Waals surface area contributed by atoms with Crippen LogP contribution in [0.4, 0.5) is 13.9 Å². The number of carbonyl (C=O) groups excluding carboxylic acids is 2. The largest absolute Gasteiger partial charge is 0.441 e. The summed E-state index contributed by atoms with van der Waals surface area (Å²) in [6, 6.07) is 3.20. The normalized spacial score (nSPS) is 16.3. The van der Waals surface area contributed by atoms with Crippen LogP contribution in [0.1, 0.15) is 25.2 Å². The van der Waals surface area contributed by atoms with Crippen LogP contribution in [0.25, 0.3) is 11.3 Å². The molecule has 2 amide bonds. The molecule has 10 heteroatoms. The average molecular weight is 446 g/mol. The summed E-state index contributed by atoms with van der Waals surface area (Å²) in [7, 11) is 0. The van der Waals surface area contributed by atoms with Crippen molar-refractivity contribution in [1.82, 2.24) is 14.9 Å². The second-order valence-corrected chi connectivity index (χ2v) is 8.14. The lowest BCUT2D eigenvalue weighted by Crippen LogP contribution is -2.43. The van der Waals surface area contributed by atoms with E-state index in [-0.39, 0.29) is 41.9 Å². The number of rotatable bonds is 6. The number of hydrogen-bond acceptors (Lipinski definition) is 6. The highest BCUT2D eigenvalue weighted by Crippen LogP contribution is 2.25. The number of carbonyl (C=O) groups is 2. The SMILES string of the molecule is O=C(Nc1nccs1)C1CCCN(C(=O)CCc2ncc(-c3ccc(F)cc3F)o2)C1. The van der Waals surface area contributed by atoms with Crippen LogP contribution in [0.2, 0.25) is 0 Å². The lowest BCUT2D eigenvalue weighted by atomic mass is 9.97. The predicted molar refractivity (Wildman–Crippen MR) is 110 cm³/mol. The Balaban J connectivity index is 1.31. The third kappa shape index (κ3) is 5.13. The number of nitrogens with zero attached hydrogens (tertiary/aromatic N) is 3. The summed E-state index contributed by atoms with van der Waals surface area (Å²) in [4.78, 5) is 34.9. The first-order valence-corrected chi connectivity index (χ1v) is 10.8. The maximum atomic E-state index is 13.9. The van der Waals surface area contributed by atoms with Gasteiger partial charge in [-0.05, 0) is 25.0 Å². The Labute approximate surface area is 181 Å². The summed E-state index contributed by atoms with van der Waals surface area (Å²) in [5.41, 5.74) is 0.108. The number of oxazole rings is 1. The molecule has 1 aliphatic heterocycles. The Kier molecular flexibility index (Phi) is 6.36. The van der Waals surface area contributed by atoms with E-state index >= 15 is 0 Å². The van der Waals surface area contributed by atoms with Crippen molar-refractivity contribution < 1.29 is 22.8 Å². The smallest absolute Gasteiger partial charge is 0.231 e. The Morgan fingerprint density at radius 3 is 2.94 bits per heavy atom. The van der Waals surface area contributed by atoms with Gasteiger partial charge in [0.15, 0.2) is 16.8 Å². The van der Waals surface area contributed by atoms with Crippen LogP contribution in [0.15, 0.2) is 40.4 Å². The van der Waals surface area contributed by atoms with Gasteiger partial charge in [-0.15, -0.1) is 11.3 Å². The number of benzene rings is 1. The van der Waals surface area contributed by atoms with Crippen molar-refractivity contribution in [3.8, 4) is 11.3 Å². The average Bonchev–Trinajstić information content (AvgIpc) is 3.44. The van der Waals surface area contributed by atoms with E-state index in [2.05, 4.69) is 15.3 Å². The first kappa shape index (κ1) is 21.1. The number of aryl methyl sites for hydroxylation is 1. The fourth-order valence-corrected chi connectivity index (χ4v) is 4.05. The number of thiazole rings is 1. The van der Waals surface area contributed by atoms with E-state index in [0.29, 0.717) is 30.5 Å². The molecule has 1 aliphatic rings. The third-order valence-electron chi connectivity index (χ3n) is 5.11. The summed E-state index contributed by atoms with van der Waals surface area (Å²) in [5.74, 6) is -1.46. The molecule has 0 aliphatic carbocycles. The Hall–Kier alpha value is -3.14. The van der Waals surface area contributed by atoms with Crippen LogP contribution in [-0.4, -0.2) is 39.8 Å². The minimum absolute atomic E-state index is 0.0977. The van der Waals surface area contributed by atoms with Crippen molar-refractivity contribution in [2.45, 2.75) is 25.7 Å². The zero-order chi connectivity index (χ0) is 21.8. The number of nitrogens with one attached hydrogen (secondary N) is 1. The van der Waals surface area contributed by atoms with E-state index in [0.717, 1.165) is 18.6 Å². The number of amides is 2. The lowest BCUT2D eigenvalue weighted by Gasteiger charge is -2.31. The van der Waals surface area contributed by atoms with Gasteiger partial charge in [0.1, 0.15) is 11.6 Å². The summed E-state index contributed by atoms with van der Waals surface area (Å²) >= 11 is 1.35. The van der Waals surface area contributed by atoms with Crippen molar-refractivity contribution in [2.75, 3.05) is 18.4 Å². The van der Waals surface area contributed by atoms with Crippen molar-refractivity contribution >= 4 is 28.3 Å². The number of hydrogen-bond donors (Lipinski definition) is 1. The molecule has 1 N–H and O–H groups in total. The first-order valence-electron chi connectivity index (χ1n) is 9.88. The van der Waals surface area contributed by atoms with Gasteiger partial charge in [0, 0.05) is 43.6 Å². The van der Waals surface area contributed by atoms with E-state index in [1.807, 2.05) is 0 Å². The second-order valence-electron chi connectivity index (χ2n) is 7.25. The van der Waals surface area contributed by atoms with Crippen LogP contribution >= 0.6 is 11.3 Å². The highest BCUT2D eigenvalue weighted by Gasteiger charge is 2.28. The topological polar surface area (TPSA) is 88.3 Å². The molecular formula is C21H20F2N4O3S. The van der Waals surface area contributed by atoms with Crippen LogP contribution in [-0.2, 0) is 16.0 Å². The summed E-state index contributed by atoms with van der Waals surface area (Å²) < 4.78 is 32.5. The minimum atomic E-state index is -0.742. The molecule has 2 aromatic heterocycles. The molecule has 0 bridgehead atoms. The molecule has 3 aromatic rings. The zero-order valence-electron chi connectivity index (χ0n) is 16.5. The third-order valence-corrected chi connectivity index (χ3v) is 5.80. The Morgan fingerprint density at radius 1 is 1.29 bits per heavy atom. The van der Waals surface area contributed by atoms with Crippen molar-refractivity contribution in [2.24, 2.45) is 5.92 Å². The number of anilines is 1. The molecule has 4 rings (SSSR count). The van der Waals surface area contributed by atoms with Gasteiger partial charge in [-0.3, -0.25) is 9.59 Å². The van der Waals surface area contributed by atoms with Crippen molar-refractivity contribution in [3.05, 3.63) is 53.5 Å². The highest BCUT2D eigenvalue weighted by molar-refractivity contribution is 7.13. The van der Waals surface area contributed by atoms with Gasteiger partial charge in [-0.1, -0.05) is 0 Å². The van der Waals surface area contributed by atoms with E-state index in [1.165, 1.54) is 23.6 Å². The van der Waals surface area contributed by atoms with Gasteiger partial charge in [-0.2, -0.15) is 0 Å². The molecular weight excluding hydrogens is 426 g/mol. The van der Waals surface area contributed by atoms with Crippen LogP contribution in [0.3, 0.4) is 0 Å². The van der Waals surface area contributed by atoms with Crippen LogP contribution in [0.5, 0.6) is 0 Å². The number of piperidine rings is 1. The molecule has 3 heterocycles. The number of aromatic nitrogens is 2. The van der Waals surface area contributed by atoms with Crippen molar-refractivity contribution in [1.29, 1.82) is 0 Å². The second kappa shape index (κ2) is 9.34. The van der Waals surface area contributed by atoms with Crippen LogP contribution in [0, 0.1) is 17.6 Å². The summed E-state index contributed by atoms with van der Waals surface area (Å²) in [5, 5.41) is 5.12. The van der Waals surface area contributed by atoms with Crippen molar-refractivity contribution in [3.63, 3.8) is 0 Å². The Bertz CT molecular complexity index is 1070. The Morgan fingerprint density at radius 2 is 2.16 bits per heavy atom. The molecule has 0 radical (unpaired) electrons. The highest BCUT2D eigenvalue weighted by atomic mass is 32.1. The molecule has 1 unspecified atom stereocenters. The van der Waals surface area contributed by atoms with E-state index < -0.39 is 11.6 Å². The fraction of sp³-hybridized carbons (Fsp3) is 0.333. The quantitative estimate of drug-likeness (QED) is 0.621. The summed E-state index contributed by atoms with van der Waals surface area (Å²) in [6.45, 7) is 0.950. The first-order chi connectivity index (χ1) is 15.0. The zero-order valence-corrected chi connectivity index (χ0v) is 17.3. The molecule has 7 nitrogen and oxygen atoms in total.